The molecule has 1 heterocycles. The molecule has 2 rings (SSSR count). The van der Waals surface area contributed by atoms with Gasteiger partial charge in [-0.2, -0.15) is 0 Å². The van der Waals surface area contributed by atoms with Crippen molar-refractivity contribution in [3.8, 4) is 11.5 Å². The van der Waals surface area contributed by atoms with Crippen LogP contribution in [0.5, 0.6) is 11.5 Å². The van der Waals surface area contributed by atoms with E-state index in [1.54, 1.807) is 12.1 Å². The molecule has 1 aliphatic heterocycles. The summed E-state index contributed by atoms with van der Waals surface area (Å²) < 4.78 is 10.3. The maximum absolute atomic E-state index is 12.3. The molecule has 0 saturated carbocycles. The molecule has 0 unspecified atom stereocenters. The van der Waals surface area contributed by atoms with E-state index in [1.165, 1.54) is 13.2 Å². The summed E-state index contributed by atoms with van der Waals surface area (Å²) in [5.41, 5.74) is 0.125. The number of benzene rings is 1. The van der Waals surface area contributed by atoms with E-state index in [4.69, 9.17) is 9.47 Å². The van der Waals surface area contributed by atoms with E-state index in [-0.39, 0.29) is 17.2 Å². The van der Waals surface area contributed by atoms with E-state index in [2.05, 4.69) is 21.2 Å². The lowest BCUT2D eigenvalue weighted by atomic mass is 9.92. The standard InChI is InChI=1S/C14H18BrNO4/c1-19-12-3-2-10(8-11(12)17)13(18)16-14(9-15)4-6-20-7-5-14/h2-3,8,17H,4-7,9H2,1H3,(H,16,18). The van der Waals surface area contributed by atoms with Crippen LogP contribution in [-0.4, -0.2) is 42.2 Å². The number of halogens is 1. The summed E-state index contributed by atoms with van der Waals surface area (Å²) in [7, 11) is 1.47. The number of hydrogen-bond acceptors (Lipinski definition) is 4. The van der Waals surface area contributed by atoms with E-state index < -0.39 is 0 Å². The number of ether oxygens (including phenoxy) is 2. The van der Waals surface area contributed by atoms with Gasteiger partial charge in [0, 0.05) is 24.1 Å². The minimum absolute atomic E-state index is 0.0416. The minimum Gasteiger partial charge on any atom is -0.504 e. The largest absolute Gasteiger partial charge is 0.504 e. The van der Waals surface area contributed by atoms with Crippen LogP contribution in [0.2, 0.25) is 0 Å². The second-order valence-corrected chi connectivity index (χ2v) is 5.43. The molecular weight excluding hydrogens is 326 g/mol. The first-order valence-electron chi connectivity index (χ1n) is 6.43. The molecule has 0 bridgehead atoms. The molecule has 0 atom stereocenters. The van der Waals surface area contributed by atoms with E-state index in [0.29, 0.717) is 29.9 Å². The molecule has 1 aliphatic rings. The van der Waals surface area contributed by atoms with Crippen molar-refractivity contribution in [3.63, 3.8) is 0 Å². The number of rotatable bonds is 4. The number of phenols is 1. The molecular formula is C14H18BrNO4. The molecule has 6 heteroatoms. The predicted octanol–water partition coefficient (Wildman–Crippen LogP) is 2.07. The third kappa shape index (κ3) is 3.24. The second-order valence-electron chi connectivity index (χ2n) is 4.87. The topological polar surface area (TPSA) is 67.8 Å². The van der Waals surface area contributed by atoms with Gasteiger partial charge in [0.05, 0.1) is 12.6 Å². The van der Waals surface area contributed by atoms with E-state index >= 15 is 0 Å². The molecule has 20 heavy (non-hydrogen) atoms. The van der Waals surface area contributed by atoms with Gasteiger partial charge in [0.1, 0.15) is 0 Å². The molecule has 1 saturated heterocycles. The molecule has 110 valence electrons. The van der Waals surface area contributed by atoms with Gasteiger partial charge in [-0.15, -0.1) is 0 Å². The lowest BCUT2D eigenvalue weighted by Gasteiger charge is -2.36. The molecule has 0 radical (unpaired) electrons. The predicted molar refractivity (Wildman–Crippen MR) is 78.7 cm³/mol. The van der Waals surface area contributed by atoms with Crippen LogP contribution in [0.4, 0.5) is 0 Å². The summed E-state index contributed by atoms with van der Waals surface area (Å²) in [5, 5.41) is 13.5. The Morgan fingerprint density at radius 1 is 1.50 bits per heavy atom. The molecule has 1 fully saturated rings. The first kappa shape index (κ1) is 15.1. The Kier molecular flexibility index (Phi) is 4.88. The van der Waals surface area contributed by atoms with Crippen molar-refractivity contribution in [1.82, 2.24) is 5.32 Å². The highest BCUT2D eigenvalue weighted by molar-refractivity contribution is 9.09. The van der Waals surface area contributed by atoms with Crippen LogP contribution in [-0.2, 0) is 4.74 Å². The van der Waals surface area contributed by atoms with Crippen molar-refractivity contribution in [1.29, 1.82) is 0 Å². The van der Waals surface area contributed by atoms with Crippen LogP contribution >= 0.6 is 15.9 Å². The maximum Gasteiger partial charge on any atom is 0.251 e. The monoisotopic (exact) mass is 343 g/mol. The van der Waals surface area contributed by atoms with Crippen molar-refractivity contribution in [3.05, 3.63) is 23.8 Å². The second kappa shape index (κ2) is 6.45. The van der Waals surface area contributed by atoms with E-state index in [0.717, 1.165) is 12.8 Å². The summed E-state index contributed by atoms with van der Waals surface area (Å²) in [4.78, 5) is 12.3. The molecule has 5 nitrogen and oxygen atoms in total. The minimum atomic E-state index is -0.287. The molecule has 1 amide bonds. The highest BCUT2D eigenvalue weighted by Crippen LogP contribution is 2.27. The lowest BCUT2D eigenvalue weighted by molar-refractivity contribution is 0.0441. The van der Waals surface area contributed by atoms with Gasteiger partial charge in [-0.1, -0.05) is 15.9 Å². The fourth-order valence-corrected chi connectivity index (χ4v) is 2.90. The SMILES string of the molecule is COc1ccc(C(=O)NC2(CBr)CCOCC2)cc1O. The number of carbonyl (C=O) groups excluding carboxylic acids is 1. The Bertz CT molecular complexity index is 486. The van der Waals surface area contributed by atoms with E-state index in [1.807, 2.05) is 0 Å². The van der Waals surface area contributed by atoms with Crippen molar-refractivity contribution in [2.24, 2.45) is 0 Å². The highest BCUT2D eigenvalue weighted by atomic mass is 79.9. The number of amides is 1. The van der Waals surface area contributed by atoms with Gasteiger partial charge in [-0.25, -0.2) is 0 Å². The van der Waals surface area contributed by atoms with Gasteiger partial charge < -0.3 is 19.9 Å². The van der Waals surface area contributed by atoms with Crippen LogP contribution in [0.3, 0.4) is 0 Å². The number of nitrogens with one attached hydrogen (secondary N) is 1. The van der Waals surface area contributed by atoms with Crippen LogP contribution in [0.25, 0.3) is 0 Å². The van der Waals surface area contributed by atoms with Gasteiger partial charge >= 0.3 is 0 Å². The van der Waals surface area contributed by atoms with Gasteiger partial charge in [-0.3, -0.25) is 4.79 Å². The number of methoxy groups -OCH3 is 1. The first-order chi connectivity index (χ1) is 9.60. The number of alkyl halides is 1. The summed E-state index contributed by atoms with van der Waals surface area (Å²) in [5.74, 6) is 0.104. The Labute approximate surface area is 126 Å². The zero-order chi connectivity index (χ0) is 14.6. The number of carbonyl (C=O) groups is 1. The molecule has 0 aliphatic carbocycles. The number of hydrogen-bond donors (Lipinski definition) is 2. The molecule has 1 aromatic carbocycles. The lowest BCUT2D eigenvalue weighted by Crippen LogP contribution is -2.53. The van der Waals surface area contributed by atoms with Crippen molar-refractivity contribution >= 4 is 21.8 Å². The normalized spacial score (nSPS) is 17.5. The van der Waals surface area contributed by atoms with Gasteiger partial charge in [0.2, 0.25) is 0 Å². The van der Waals surface area contributed by atoms with Crippen molar-refractivity contribution < 1.29 is 19.4 Å². The maximum atomic E-state index is 12.3. The van der Waals surface area contributed by atoms with Crippen LogP contribution < -0.4 is 10.1 Å². The zero-order valence-electron chi connectivity index (χ0n) is 11.3. The number of aromatic hydroxyl groups is 1. The summed E-state index contributed by atoms with van der Waals surface area (Å²) in [6.07, 6.45) is 1.54. The Morgan fingerprint density at radius 2 is 2.20 bits per heavy atom. The van der Waals surface area contributed by atoms with Crippen LogP contribution in [0.1, 0.15) is 23.2 Å². The summed E-state index contributed by atoms with van der Waals surface area (Å²) in [6.45, 7) is 1.28. The van der Waals surface area contributed by atoms with Crippen LogP contribution in [0, 0.1) is 0 Å². The average molecular weight is 344 g/mol. The third-order valence-electron chi connectivity index (χ3n) is 3.53. The quantitative estimate of drug-likeness (QED) is 0.821. The zero-order valence-corrected chi connectivity index (χ0v) is 12.9. The fourth-order valence-electron chi connectivity index (χ4n) is 2.20. The van der Waals surface area contributed by atoms with Gasteiger partial charge in [-0.05, 0) is 31.0 Å². The van der Waals surface area contributed by atoms with Crippen LogP contribution in [0.15, 0.2) is 18.2 Å². The number of phenolic OH excluding ortho intramolecular Hbond substituents is 1. The Hall–Kier alpha value is -1.27. The fraction of sp³-hybridized carbons (Fsp3) is 0.500. The summed E-state index contributed by atoms with van der Waals surface area (Å²) >= 11 is 3.47. The van der Waals surface area contributed by atoms with Gasteiger partial charge in [0.15, 0.2) is 11.5 Å². The molecule has 1 aromatic rings. The third-order valence-corrected chi connectivity index (χ3v) is 4.60. The Balaban J connectivity index is 2.12. The highest BCUT2D eigenvalue weighted by Gasteiger charge is 2.33. The Morgan fingerprint density at radius 3 is 2.75 bits per heavy atom. The first-order valence-corrected chi connectivity index (χ1v) is 7.55. The van der Waals surface area contributed by atoms with Gasteiger partial charge in [0.25, 0.3) is 5.91 Å². The van der Waals surface area contributed by atoms with E-state index in [9.17, 15) is 9.90 Å². The molecule has 0 aromatic heterocycles. The molecule has 2 N–H and O–H groups in total. The smallest absolute Gasteiger partial charge is 0.251 e. The summed E-state index contributed by atoms with van der Waals surface area (Å²) in [6, 6.07) is 4.62. The van der Waals surface area contributed by atoms with Crippen molar-refractivity contribution in [2.45, 2.75) is 18.4 Å². The average Bonchev–Trinajstić information content (AvgIpc) is 2.48. The molecule has 0 spiro atoms. The van der Waals surface area contributed by atoms with Crippen molar-refractivity contribution in [2.75, 3.05) is 25.7 Å².